The highest BCUT2D eigenvalue weighted by molar-refractivity contribution is 6.09. The minimum absolute atomic E-state index is 0.203. The summed E-state index contributed by atoms with van der Waals surface area (Å²) < 4.78 is 38.8. The number of aromatic nitrogens is 1. The number of benzene rings is 3. The van der Waals surface area contributed by atoms with Crippen molar-refractivity contribution in [3.63, 3.8) is 0 Å². The van der Waals surface area contributed by atoms with Crippen LogP contribution in [0.25, 0.3) is 11.1 Å². The molecule has 0 atom stereocenters. The van der Waals surface area contributed by atoms with Gasteiger partial charge in [0.1, 0.15) is 5.69 Å². The van der Waals surface area contributed by atoms with Gasteiger partial charge in [-0.15, -0.1) is 0 Å². The van der Waals surface area contributed by atoms with Crippen LogP contribution in [-0.2, 0) is 12.6 Å². The molecule has 0 saturated heterocycles. The molecular weight excluding hydrogens is 485 g/mol. The zero-order valence-electron chi connectivity index (χ0n) is 19.3. The van der Waals surface area contributed by atoms with E-state index in [1.54, 1.807) is 30.5 Å². The summed E-state index contributed by atoms with van der Waals surface area (Å²) in [5.74, 6) is -0.555. The van der Waals surface area contributed by atoms with Gasteiger partial charge in [-0.1, -0.05) is 36.4 Å². The number of carbonyl (C=O) groups is 1. The third-order valence-electron chi connectivity index (χ3n) is 5.57. The molecule has 1 aromatic heterocycles. The number of halogens is 3. The molecule has 1 amide bonds. The van der Waals surface area contributed by atoms with Crippen molar-refractivity contribution in [2.24, 2.45) is 0 Å². The molecular formula is C27H21F3N4O3. The molecule has 0 radical (unpaired) electrons. The lowest BCUT2D eigenvalue weighted by Crippen LogP contribution is -2.14. The third-order valence-corrected chi connectivity index (χ3v) is 5.57. The van der Waals surface area contributed by atoms with E-state index in [0.717, 1.165) is 17.8 Å². The first-order chi connectivity index (χ1) is 17.7. The number of nitro groups is 1. The molecule has 1 heterocycles. The van der Waals surface area contributed by atoms with Gasteiger partial charge in [0.15, 0.2) is 0 Å². The Kier molecular flexibility index (Phi) is 7.47. The van der Waals surface area contributed by atoms with E-state index in [4.69, 9.17) is 0 Å². The Morgan fingerprint density at radius 2 is 1.68 bits per heavy atom. The fourth-order valence-electron chi connectivity index (χ4n) is 3.75. The van der Waals surface area contributed by atoms with Gasteiger partial charge in [0.05, 0.1) is 10.5 Å². The standard InChI is InChI=1S/C27H21F3N4O3/c28-27(29,30)19-10-8-18(9-11-19)22-6-1-2-7-23(22)26(35)33-21-12-13-24(25(17-21)34(36)37)32-16-14-20-5-3-4-15-31-20/h1-13,15,17,32H,14,16H2,(H,33,35). The summed E-state index contributed by atoms with van der Waals surface area (Å²) in [6.45, 7) is 0.421. The Hall–Kier alpha value is -4.73. The van der Waals surface area contributed by atoms with Gasteiger partial charge in [-0.25, -0.2) is 0 Å². The molecule has 2 N–H and O–H groups in total. The van der Waals surface area contributed by atoms with Gasteiger partial charge in [-0.3, -0.25) is 19.9 Å². The fourth-order valence-corrected chi connectivity index (χ4v) is 3.75. The molecule has 0 bridgehead atoms. The molecule has 10 heteroatoms. The van der Waals surface area contributed by atoms with Gasteiger partial charge in [0.2, 0.25) is 0 Å². The fraction of sp³-hybridized carbons (Fsp3) is 0.111. The molecule has 37 heavy (non-hydrogen) atoms. The maximum absolute atomic E-state index is 13.0. The second-order valence-corrected chi connectivity index (χ2v) is 8.06. The van der Waals surface area contributed by atoms with E-state index in [1.165, 1.54) is 36.4 Å². The quantitative estimate of drug-likeness (QED) is 0.208. The van der Waals surface area contributed by atoms with Crippen LogP contribution < -0.4 is 10.6 Å². The minimum atomic E-state index is -4.47. The molecule has 7 nitrogen and oxygen atoms in total. The predicted octanol–water partition coefficient (Wildman–Crippen LogP) is 6.58. The van der Waals surface area contributed by atoms with Gasteiger partial charge in [0.25, 0.3) is 11.6 Å². The van der Waals surface area contributed by atoms with E-state index in [-0.39, 0.29) is 16.9 Å². The van der Waals surface area contributed by atoms with Gasteiger partial charge in [0, 0.05) is 42.2 Å². The highest BCUT2D eigenvalue weighted by atomic mass is 19.4. The van der Waals surface area contributed by atoms with Gasteiger partial charge in [-0.05, 0) is 53.6 Å². The zero-order valence-corrected chi connectivity index (χ0v) is 19.3. The first-order valence-corrected chi connectivity index (χ1v) is 11.2. The second kappa shape index (κ2) is 10.9. The van der Waals surface area contributed by atoms with Crippen molar-refractivity contribution in [1.29, 1.82) is 0 Å². The van der Waals surface area contributed by atoms with E-state index in [0.29, 0.717) is 29.8 Å². The van der Waals surface area contributed by atoms with Crippen LogP contribution in [0.15, 0.2) is 91.1 Å². The molecule has 0 spiro atoms. The van der Waals surface area contributed by atoms with Crippen molar-refractivity contribution in [1.82, 2.24) is 4.98 Å². The summed E-state index contributed by atoms with van der Waals surface area (Å²) in [5, 5.41) is 17.3. The number of nitrogens with one attached hydrogen (secondary N) is 2. The first kappa shape index (κ1) is 25.4. The van der Waals surface area contributed by atoms with Crippen molar-refractivity contribution in [3.8, 4) is 11.1 Å². The monoisotopic (exact) mass is 506 g/mol. The van der Waals surface area contributed by atoms with Crippen molar-refractivity contribution in [2.45, 2.75) is 12.6 Å². The van der Waals surface area contributed by atoms with Crippen molar-refractivity contribution >= 4 is 23.0 Å². The van der Waals surface area contributed by atoms with E-state index in [1.807, 2.05) is 12.1 Å². The molecule has 0 unspecified atom stereocenters. The summed E-state index contributed by atoms with van der Waals surface area (Å²) in [4.78, 5) is 28.4. The Labute approximate surface area is 210 Å². The van der Waals surface area contributed by atoms with Crippen LogP contribution in [0.4, 0.5) is 30.2 Å². The topological polar surface area (TPSA) is 97.2 Å². The Morgan fingerprint density at radius 1 is 0.946 bits per heavy atom. The predicted molar refractivity (Wildman–Crippen MR) is 134 cm³/mol. The Balaban J connectivity index is 1.51. The number of hydrogen-bond donors (Lipinski definition) is 2. The normalized spacial score (nSPS) is 11.1. The smallest absolute Gasteiger partial charge is 0.379 e. The number of pyridine rings is 1. The molecule has 4 aromatic rings. The van der Waals surface area contributed by atoms with E-state index in [9.17, 15) is 28.1 Å². The number of alkyl halides is 3. The average molecular weight is 506 g/mol. The zero-order chi connectivity index (χ0) is 26.4. The number of rotatable bonds is 8. The molecule has 188 valence electrons. The highest BCUT2D eigenvalue weighted by Gasteiger charge is 2.30. The largest absolute Gasteiger partial charge is 0.416 e. The van der Waals surface area contributed by atoms with Crippen LogP contribution >= 0.6 is 0 Å². The van der Waals surface area contributed by atoms with Crippen LogP contribution in [0, 0.1) is 10.1 Å². The number of nitrogens with zero attached hydrogens (tertiary/aromatic N) is 2. The summed E-state index contributed by atoms with van der Waals surface area (Å²) >= 11 is 0. The maximum atomic E-state index is 13.0. The number of anilines is 2. The summed E-state index contributed by atoms with van der Waals surface area (Å²) in [5.41, 5.74) is 1.40. The van der Waals surface area contributed by atoms with Crippen LogP contribution in [-0.4, -0.2) is 22.4 Å². The number of hydrogen-bond acceptors (Lipinski definition) is 5. The van der Waals surface area contributed by atoms with Crippen LogP contribution in [0.5, 0.6) is 0 Å². The van der Waals surface area contributed by atoms with Crippen molar-refractivity contribution in [2.75, 3.05) is 17.2 Å². The molecule has 0 aliphatic rings. The number of nitro benzene ring substituents is 1. The Bertz CT molecular complexity index is 1410. The third kappa shape index (κ3) is 6.29. The highest BCUT2D eigenvalue weighted by Crippen LogP contribution is 2.33. The van der Waals surface area contributed by atoms with Gasteiger partial charge < -0.3 is 10.6 Å². The Morgan fingerprint density at radius 3 is 2.35 bits per heavy atom. The molecule has 4 rings (SSSR count). The number of amides is 1. The van der Waals surface area contributed by atoms with Gasteiger partial charge in [-0.2, -0.15) is 13.2 Å². The van der Waals surface area contributed by atoms with E-state index < -0.39 is 22.6 Å². The minimum Gasteiger partial charge on any atom is -0.379 e. The second-order valence-electron chi connectivity index (χ2n) is 8.06. The lowest BCUT2D eigenvalue weighted by molar-refractivity contribution is -0.383. The van der Waals surface area contributed by atoms with Crippen molar-refractivity contribution in [3.05, 3.63) is 118 Å². The van der Waals surface area contributed by atoms with Crippen molar-refractivity contribution < 1.29 is 22.9 Å². The first-order valence-electron chi connectivity index (χ1n) is 11.2. The van der Waals surface area contributed by atoms with Crippen LogP contribution in [0.1, 0.15) is 21.6 Å². The molecule has 0 saturated carbocycles. The summed E-state index contributed by atoms with van der Waals surface area (Å²) in [6.07, 6.45) is -2.23. The van der Waals surface area contributed by atoms with E-state index >= 15 is 0 Å². The molecule has 0 aliphatic carbocycles. The summed E-state index contributed by atoms with van der Waals surface area (Å²) in [7, 11) is 0. The van der Waals surface area contributed by atoms with Crippen LogP contribution in [0.3, 0.4) is 0 Å². The number of carbonyl (C=O) groups excluding carboxylic acids is 1. The molecule has 0 aliphatic heterocycles. The maximum Gasteiger partial charge on any atom is 0.416 e. The SMILES string of the molecule is O=C(Nc1ccc(NCCc2ccccn2)c([N+](=O)[O-])c1)c1ccccc1-c1ccc(C(F)(F)F)cc1. The summed E-state index contributed by atoms with van der Waals surface area (Å²) in [6, 6.07) is 20.8. The lowest BCUT2D eigenvalue weighted by Gasteiger charge is -2.13. The molecule has 0 fully saturated rings. The van der Waals surface area contributed by atoms with E-state index in [2.05, 4.69) is 15.6 Å². The molecule has 3 aromatic carbocycles. The average Bonchev–Trinajstić information content (AvgIpc) is 2.89. The lowest BCUT2D eigenvalue weighted by atomic mass is 9.98. The van der Waals surface area contributed by atoms with Gasteiger partial charge >= 0.3 is 6.18 Å². The van der Waals surface area contributed by atoms with Crippen LogP contribution in [0.2, 0.25) is 0 Å².